The summed E-state index contributed by atoms with van der Waals surface area (Å²) in [5.74, 6) is -1.28. The first-order valence-electron chi connectivity index (χ1n) is 9.58. The monoisotopic (exact) mass is 410 g/mol. The molecule has 1 aliphatic rings. The van der Waals surface area contributed by atoms with Gasteiger partial charge in [-0.05, 0) is 25.8 Å². The van der Waals surface area contributed by atoms with Crippen LogP contribution in [-0.2, 0) is 4.74 Å². The molecule has 0 radical (unpaired) electrons. The molecule has 1 fully saturated rings. The van der Waals surface area contributed by atoms with Crippen LogP contribution < -0.4 is 0 Å². The number of methoxy groups -OCH3 is 1. The minimum atomic E-state index is -0.754. The summed E-state index contributed by atoms with van der Waals surface area (Å²) in [6, 6.07) is 10.9. The molecule has 0 spiro atoms. The van der Waals surface area contributed by atoms with E-state index in [1.165, 1.54) is 13.2 Å². The Balaban J connectivity index is 1.72. The third-order valence-corrected chi connectivity index (χ3v) is 5.29. The van der Waals surface area contributed by atoms with E-state index in [4.69, 9.17) is 0 Å². The van der Waals surface area contributed by atoms with E-state index in [9.17, 15) is 24.5 Å². The number of rotatable bonds is 5. The van der Waals surface area contributed by atoms with Crippen LogP contribution in [0.1, 0.15) is 49.5 Å². The van der Waals surface area contributed by atoms with Crippen LogP contribution in [0, 0.1) is 23.0 Å². The van der Waals surface area contributed by atoms with Gasteiger partial charge in [-0.2, -0.15) is 0 Å². The standard InChI is InChI=1S/C22H22N2O6/c1-14-3-5-15(6-4-14)20(25)16-7-9-23(10-8-16)21(26)17-11-18(22(27)30-2)13-19(12-17)24(28)29/h3-6,11-13,16H,7-10H2,1-2H3. The zero-order valence-corrected chi connectivity index (χ0v) is 16.8. The summed E-state index contributed by atoms with van der Waals surface area (Å²) in [7, 11) is 1.17. The summed E-state index contributed by atoms with van der Waals surface area (Å²) in [5.41, 5.74) is 1.38. The normalized spacial score (nSPS) is 14.3. The molecule has 8 nitrogen and oxygen atoms in total. The number of amides is 1. The number of carbonyl (C=O) groups excluding carboxylic acids is 3. The summed E-state index contributed by atoms with van der Waals surface area (Å²) < 4.78 is 4.62. The molecule has 30 heavy (non-hydrogen) atoms. The number of hydrogen-bond donors (Lipinski definition) is 0. The Morgan fingerprint density at radius 2 is 1.60 bits per heavy atom. The van der Waals surface area contributed by atoms with Crippen LogP contribution >= 0.6 is 0 Å². The van der Waals surface area contributed by atoms with E-state index in [0.29, 0.717) is 31.5 Å². The molecular weight excluding hydrogens is 388 g/mol. The van der Waals surface area contributed by atoms with E-state index in [1.54, 1.807) is 4.90 Å². The van der Waals surface area contributed by atoms with Gasteiger partial charge in [-0.3, -0.25) is 19.7 Å². The van der Waals surface area contributed by atoms with Crippen molar-refractivity contribution in [1.82, 2.24) is 4.90 Å². The topological polar surface area (TPSA) is 107 Å². The van der Waals surface area contributed by atoms with Gasteiger partial charge in [-0.15, -0.1) is 0 Å². The Bertz CT molecular complexity index is 991. The van der Waals surface area contributed by atoms with E-state index >= 15 is 0 Å². The fraction of sp³-hybridized carbons (Fsp3) is 0.318. The lowest BCUT2D eigenvalue weighted by Crippen LogP contribution is -2.40. The molecule has 2 aromatic carbocycles. The average Bonchev–Trinajstić information content (AvgIpc) is 2.77. The number of nitrogens with zero attached hydrogens (tertiary/aromatic N) is 2. The zero-order chi connectivity index (χ0) is 21.8. The van der Waals surface area contributed by atoms with Crippen LogP contribution in [0.2, 0.25) is 0 Å². The lowest BCUT2D eigenvalue weighted by atomic mass is 9.88. The number of nitro benzene ring substituents is 1. The second-order valence-electron chi connectivity index (χ2n) is 7.31. The molecule has 1 heterocycles. The van der Waals surface area contributed by atoms with Crippen molar-refractivity contribution in [2.75, 3.05) is 20.2 Å². The highest BCUT2D eigenvalue weighted by Crippen LogP contribution is 2.25. The molecule has 0 saturated carbocycles. The van der Waals surface area contributed by atoms with Crippen LogP contribution in [0.5, 0.6) is 0 Å². The molecule has 0 N–H and O–H groups in total. The number of likely N-dealkylation sites (tertiary alicyclic amines) is 1. The third kappa shape index (κ3) is 4.53. The van der Waals surface area contributed by atoms with E-state index in [0.717, 1.165) is 17.7 Å². The quantitative estimate of drug-likeness (QED) is 0.324. The highest BCUT2D eigenvalue weighted by Gasteiger charge is 2.29. The molecule has 0 bridgehead atoms. The van der Waals surface area contributed by atoms with Crippen molar-refractivity contribution in [3.63, 3.8) is 0 Å². The van der Waals surface area contributed by atoms with Gasteiger partial charge >= 0.3 is 5.97 Å². The number of piperidine rings is 1. The Morgan fingerprint density at radius 1 is 1.00 bits per heavy atom. The van der Waals surface area contributed by atoms with Gasteiger partial charge in [0.1, 0.15) is 0 Å². The number of ether oxygens (including phenoxy) is 1. The summed E-state index contributed by atoms with van der Waals surface area (Å²) in [4.78, 5) is 49.5. The van der Waals surface area contributed by atoms with E-state index in [-0.39, 0.29) is 28.5 Å². The fourth-order valence-electron chi connectivity index (χ4n) is 3.56. The molecular formula is C22H22N2O6. The summed E-state index contributed by atoms with van der Waals surface area (Å²) in [6.45, 7) is 2.67. The first-order valence-corrected chi connectivity index (χ1v) is 9.58. The predicted octanol–water partition coefficient (Wildman–Crippen LogP) is 3.42. The van der Waals surface area contributed by atoms with E-state index in [1.807, 2.05) is 31.2 Å². The Hall–Kier alpha value is -3.55. The predicted molar refractivity (Wildman–Crippen MR) is 109 cm³/mol. The Morgan fingerprint density at radius 3 is 2.17 bits per heavy atom. The second-order valence-corrected chi connectivity index (χ2v) is 7.31. The maximum atomic E-state index is 12.9. The Labute approximate surface area is 173 Å². The molecule has 1 aliphatic heterocycles. The van der Waals surface area contributed by atoms with Gasteiger partial charge in [0, 0.05) is 42.3 Å². The molecule has 0 aromatic heterocycles. The smallest absolute Gasteiger partial charge is 0.338 e. The van der Waals surface area contributed by atoms with Crippen LogP contribution in [0.25, 0.3) is 0 Å². The number of benzene rings is 2. The number of nitro groups is 1. The van der Waals surface area contributed by atoms with Crippen molar-refractivity contribution < 1.29 is 24.0 Å². The molecule has 8 heteroatoms. The number of carbonyl (C=O) groups is 3. The molecule has 2 aromatic rings. The minimum Gasteiger partial charge on any atom is -0.465 e. The van der Waals surface area contributed by atoms with Crippen molar-refractivity contribution in [3.05, 3.63) is 74.8 Å². The van der Waals surface area contributed by atoms with Gasteiger partial charge in [0.05, 0.1) is 17.6 Å². The van der Waals surface area contributed by atoms with Crippen molar-refractivity contribution >= 4 is 23.3 Å². The number of aryl methyl sites for hydroxylation is 1. The maximum Gasteiger partial charge on any atom is 0.338 e. The maximum absolute atomic E-state index is 12.9. The number of non-ortho nitro benzene ring substituents is 1. The van der Waals surface area contributed by atoms with Gasteiger partial charge in [-0.25, -0.2) is 4.79 Å². The van der Waals surface area contributed by atoms with E-state index in [2.05, 4.69) is 4.74 Å². The molecule has 0 unspecified atom stereocenters. The van der Waals surface area contributed by atoms with Crippen molar-refractivity contribution in [3.8, 4) is 0 Å². The van der Waals surface area contributed by atoms with Crippen molar-refractivity contribution in [2.45, 2.75) is 19.8 Å². The minimum absolute atomic E-state index is 0.0490. The van der Waals surface area contributed by atoms with Crippen LogP contribution in [0.3, 0.4) is 0 Å². The lowest BCUT2D eigenvalue weighted by molar-refractivity contribution is -0.384. The number of esters is 1. The number of hydrogen-bond acceptors (Lipinski definition) is 6. The molecule has 0 aliphatic carbocycles. The fourth-order valence-corrected chi connectivity index (χ4v) is 3.56. The largest absolute Gasteiger partial charge is 0.465 e. The highest BCUT2D eigenvalue weighted by atomic mass is 16.6. The van der Waals surface area contributed by atoms with E-state index < -0.39 is 16.8 Å². The molecule has 1 amide bonds. The van der Waals surface area contributed by atoms with Crippen LogP contribution in [0.15, 0.2) is 42.5 Å². The molecule has 0 atom stereocenters. The highest BCUT2D eigenvalue weighted by molar-refractivity contribution is 6.00. The van der Waals surface area contributed by atoms with Crippen LogP contribution in [0.4, 0.5) is 5.69 Å². The molecule has 1 saturated heterocycles. The van der Waals surface area contributed by atoms with Gasteiger partial charge in [0.25, 0.3) is 11.6 Å². The van der Waals surface area contributed by atoms with Crippen molar-refractivity contribution in [2.24, 2.45) is 5.92 Å². The first-order chi connectivity index (χ1) is 14.3. The summed E-state index contributed by atoms with van der Waals surface area (Å²) in [6.07, 6.45) is 1.02. The average molecular weight is 410 g/mol. The zero-order valence-electron chi connectivity index (χ0n) is 16.8. The lowest BCUT2D eigenvalue weighted by Gasteiger charge is -2.31. The van der Waals surface area contributed by atoms with Crippen molar-refractivity contribution in [1.29, 1.82) is 0 Å². The second kappa shape index (κ2) is 8.86. The molecule has 3 rings (SSSR count). The summed E-state index contributed by atoms with van der Waals surface area (Å²) >= 11 is 0. The van der Waals surface area contributed by atoms with Gasteiger partial charge < -0.3 is 9.64 Å². The molecule has 156 valence electrons. The van der Waals surface area contributed by atoms with Gasteiger partial charge in [0.2, 0.25) is 0 Å². The van der Waals surface area contributed by atoms with Crippen LogP contribution in [-0.4, -0.2) is 47.7 Å². The first kappa shape index (κ1) is 21.2. The SMILES string of the molecule is COC(=O)c1cc(C(=O)N2CCC(C(=O)c3ccc(C)cc3)CC2)cc([N+](=O)[O-])c1. The third-order valence-electron chi connectivity index (χ3n) is 5.29. The number of Topliss-reactive ketones (excluding diaryl/α,β-unsaturated/α-hetero) is 1. The Kier molecular flexibility index (Phi) is 6.25. The summed E-state index contributed by atoms with van der Waals surface area (Å²) in [5, 5.41) is 11.2. The van der Waals surface area contributed by atoms with Gasteiger partial charge in [0.15, 0.2) is 5.78 Å². The van der Waals surface area contributed by atoms with Gasteiger partial charge in [-0.1, -0.05) is 29.8 Å². The number of ketones is 1.